The van der Waals surface area contributed by atoms with Crippen LogP contribution in [0.25, 0.3) is 22.2 Å². The fourth-order valence-electron chi connectivity index (χ4n) is 2.98. The number of carbonyl (C=O) groups is 1. The van der Waals surface area contributed by atoms with E-state index in [1.54, 1.807) is 11.6 Å². The maximum absolute atomic E-state index is 13.8. The SMILES string of the molecule is O=C(CCc1c(-c2ccccc2)[nH]c2ccc(F)cc12)Nc1nncs1. The van der Waals surface area contributed by atoms with Crippen LogP contribution in [-0.2, 0) is 11.2 Å². The van der Waals surface area contributed by atoms with Crippen molar-refractivity contribution in [2.75, 3.05) is 5.32 Å². The van der Waals surface area contributed by atoms with Gasteiger partial charge in [-0.2, -0.15) is 0 Å². The zero-order chi connectivity index (χ0) is 17.9. The quantitative estimate of drug-likeness (QED) is 0.550. The van der Waals surface area contributed by atoms with Crippen molar-refractivity contribution >= 4 is 33.3 Å². The highest BCUT2D eigenvalue weighted by molar-refractivity contribution is 7.13. The first-order chi connectivity index (χ1) is 12.7. The van der Waals surface area contributed by atoms with Crippen LogP contribution in [0, 0.1) is 5.82 Å². The summed E-state index contributed by atoms with van der Waals surface area (Å²) in [7, 11) is 0. The van der Waals surface area contributed by atoms with Crippen LogP contribution >= 0.6 is 11.3 Å². The fourth-order valence-corrected chi connectivity index (χ4v) is 3.44. The predicted molar refractivity (Wildman–Crippen MR) is 101 cm³/mol. The minimum atomic E-state index is -0.296. The lowest BCUT2D eigenvalue weighted by Crippen LogP contribution is -2.12. The average Bonchev–Trinajstić information content (AvgIpc) is 3.28. The third-order valence-electron chi connectivity index (χ3n) is 4.14. The molecule has 0 spiro atoms. The number of halogens is 1. The number of benzene rings is 2. The van der Waals surface area contributed by atoms with E-state index in [1.165, 1.54) is 23.5 Å². The van der Waals surface area contributed by atoms with E-state index < -0.39 is 0 Å². The molecule has 26 heavy (non-hydrogen) atoms. The van der Waals surface area contributed by atoms with Gasteiger partial charge in [0.05, 0.1) is 0 Å². The molecule has 2 N–H and O–H groups in total. The third-order valence-corrected chi connectivity index (χ3v) is 4.75. The maximum Gasteiger partial charge on any atom is 0.226 e. The Morgan fingerprint density at radius 3 is 2.81 bits per heavy atom. The van der Waals surface area contributed by atoms with Crippen molar-refractivity contribution in [2.45, 2.75) is 12.8 Å². The number of hydrogen-bond acceptors (Lipinski definition) is 4. The van der Waals surface area contributed by atoms with E-state index in [0.717, 1.165) is 27.7 Å². The number of rotatable bonds is 5. The largest absolute Gasteiger partial charge is 0.354 e. The van der Waals surface area contributed by atoms with Gasteiger partial charge in [0.2, 0.25) is 11.0 Å². The van der Waals surface area contributed by atoms with Crippen LogP contribution in [-0.4, -0.2) is 21.1 Å². The molecule has 0 aliphatic rings. The van der Waals surface area contributed by atoms with Crippen molar-refractivity contribution in [3.8, 4) is 11.3 Å². The molecule has 0 aliphatic heterocycles. The lowest BCUT2D eigenvalue weighted by atomic mass is 10.0. The van der Waals surface area contributed by atoms with Crippen molar-refractivity contribution in [3.63, 3.8) is 0 Å². The van der Waals surface area contributed by atoms with Crippen molar-refractivity contribution in [1.82, 2.24) is 15.2 Å². The van der Waals surface area contributed by atoms with E-state index in [2.05, 4.69) is 20.5 Å². The molecule has 2 heterocycles. The van der Waals surface area contributed by atoms with Crippen molar-refractivity contribution < 1.29 is 9.18 Å². The Morgan fingerprint density at radius 2 is 2.04 bits per heavy atom. The number of hydrogen-bond donors (Lipinski definition) is 2. The number of aromatic nitrogens is 3. The van der Waals surface area contributed by atoms with Crippen molar-refractivity contribution in [2.24, 2.45) is 0 Å². The maximum atomic E-state index is 13.8. The lowest BCUT2D eigenvalue weighted by Gasteiger charge is -2.06. The van der Waals surface area contributed by atoms with Crippen LogP contribution in [0.5, 0.6) is 0 Å². The summed E-state index contributed by atoms with van der Waals surface area (Å²) >= 11 is 1.27. The van der Waals surface area contributed by atoms with Gasteiger partial charge in [0.15, 0.2) is 0 Å². The van der Waals surface area contributed by atoms with E-state index >= 15 is 0 Å². The lowest BCUT2D eigenvalue weighted by molar-refractivity contribution is -0.116. The second-order valence-corrected chi connectivity index (χ2v) is 6.66. The molecule has 0 saturated carbocycles. The van der Waals surface area contributed by atoms with Crippen LogP contribution in [0.3, 0.4) is 0 Å². The predicted octanol–water partition coefficient (Wildman–Crippen LogP) is 4.40. The van der Waals surface area contributed by atoms with Gasteiger partial charge in [0.1, 0.15) is 11.3 Å². The number of aromatic amines is 1. The van der Waals surface area contributed by atoms with E-state index in [4.69, 9.17) is 0 Å². The molecule has 0 saturated heterocycles. The minimum absolute atomic E-state index is 0.147. The Hall–Kier alpha value is -3.06. The van der Waals surface area contributed by atoms with E-state index in [9.17, 15) is 9.18 Å². The first-order valence-electron chi connectivity index (χ1n) is 8.12. The number of anilines is 1. The molecule has 7 heteroatoms. The molecule has 1 amide bonds. The van der Waals surface area contributed by atoms with Crippen molar-refractivity contribution in [3.05, 3.63) is 65.4 Å². The van der Waals surface area contributed by atoms with Crippen LogP contribution in [0.2, 0.25) is 0 Å². The van der Waals surface area contributed by atoms with Gasteiger partial charge in [-0.05, 0) is 35.7 Å². The summed E-state index contributed by atoms with van der Waals surface area (Å²) in [6.07, 6.45) is 0.751. The topological polar surface area (TPSA) is 70.7 Å². The van der Waals surface area contributed by atoms with Gasteiger partial charge in [0.25, 0.3) is 0 Å². The van der Waals surface area contributed by atoms with Gasteiger partial charge in [-0.1, -0.05) is 41.7 Å². The molecule has 5 nitrogen and oxygen atoms in total. The molecule has 0 atom stereocenters. The Kier molecular flexibility index (Phi) is 4.45. The molecule has 2 aromatic heterocycles. The van der Waals surface area contributed by atoms with Crippen LogP contribution in [0.4, 0.5) is 9.52 Å². The number of nitrogens with zero attached hydrogens (tertiary/aromatic N) is 2. The Labute approximate surface area is 152 Å². The second-order valence-electron chi connectivity index (χ2n) is 5.83. The highest BCUT2D eigenvalue weighted by Crippen LogP contribution is 2.31. The van der Waals surface area contributed by atoms with Crippen LogP contribution in [0.1, 0.15) is 12.0 Å². The molecule has 4 aromatic rings. The molecule has 130 valence electrons. The first-order valence-corrected chi connectivity index (χ1v) is 9.00. The van der Waals surface area contributed by atoms with E-state index in [-0.39, 0.29) is 18.1 Å². The molecule has 0 bridgehead atoms. The molecular formula is C19H15FN4OS. The number of nitrogens with one attached hydrogen (secondary N) is 2. The summed E-state index contributed by atoms with van der Waals surface area (Å²) in [5.74, 6) is -0.442. The van der Waals surface area contributed by atoms with Gasteiger partial charge in [-0.3, -0.25) is 4.79 Å². The van der Waals surface area contributed by atoms with Gasteiger partial charge in [-0.25, -0.2) is 4.39 Å². The summed E-state index contributed by atoms with van der Waals surface area (Å²) in [4.78, 5) is 15.6. The van der Waals surface area contributed by atoms with Gasteiger partial charge < -0.3 is 10.3 Å². The molecule has 0 aliphatic carbocycles. The molecule has 0 fully saturated rings. The molecule has 2 aromatic carbocycles. The second kappa shape index (κ2) is 7.05. The first kappa shape index (κ1) is 16.4. The van der Waals surface area contributed by atoms with Crippen LogP contribution < -0.4 is 5.32 Å². The van der Waals surface area contributed by atoms with Crippen molar-refractivity contribution in [1.29, 1.82) is 0 Å². The molecule has 0 unspecified atom stereocenters. The molecular weight excluding hydrogens is 351 g/mol. The van der Waals surface area contributed by atoms with E-state index in [1.807, 2.05) is 30.3 Å². The number of H-pyrrole nitrogens is 1. The summed E-state index contributed by atoms with van der Waals surface area (Å²) in [5.41, 5.74) is 5.26. The number of carbonyl (C=O) groups excluding carboxylic acids is 1. The Morgan fingerprint density at radius 1 is 1.19 bits per heavy atom. The summed E-state index contributed by atoms with van der Waals surface area (Å²) in [5, 5.41) is 11.5. The number of fused-ring (bicyclic) bond motifs is 1. The summed E-state index contributed by atoms with van der Waals surface area (Å²) < 4.78 is 13.8. The Bertz CT molecular complexity index is 1040. The zero-order valence-electron chi connectivity index (χ0n) is 13.7. The molecule has 0 radical (unpaired) electrons. The van der Waals surface area contributed by atoms with E-state index in [0.29, 0.717) is 11.6 Å². The summed E-state index contributed by atoms with van der Waals surface area (Å²) in [6.45, 7) is 0. The van der Waals surface area contributed by atoms with Gasteiger partial charge >= 0.3 is 0 Å². The average molecular weight is 366 g/mol. The highest BCUT2D eigenvalue weighted by atomic mass is 32.1. The fraction of sp³-hybridized carbons (Fsp3) is 0.105. The van der Waals surface area contributed by atoms with Crippen LogP contribution in [0.15, 0.2) is 54.0 Å². The number of amides is 1. The standard InChI is InChI=1S/C19H15FN4OS/c20-13-6-8-16-15(10-13)14(18(22-16)12-4-2-1-3-5-12)7-9-17(25)23-19-24-21-11-26-19/h1-6,8,10-11,22H,7,9H2,(H,23,24,25). The smallest absolute Gasteiger partial charge is 0.226 e. The number of aryl methyl sites for hydroxylation is 1. The normalized spacial score (nSPS) is 11.0. The monoisotopic (exact) mass is 366 g/mol. The Balaban J connectivity index is 1.65. The highest BCUT2D eigenvalue weighted by Gasteiger charge is 2.15. The van der Waals surface area contributed by atoms with Gasteiger partial charge in [0, 0.05) is 23.0 Å². The summed E-state index contributed by atoms with van der Waals surface area (Å²) in [6, 6.07) is 14.5. The molecule has 4 rings (SSSR count). The minimum Gasteiger partial charge on any atom is -0.354 e. The third kappa shape index (κ3) is 3.34. The zero-order valence-corrected chi connectivity index (χ0v) is 14.5. The van der Waals surface area contributed by atoms with Gasteiger partial charge in [-0.15, -0.1) is 10.2 Å².